The summed E-state index contributed by atoms with van der Waals surface area (Å²) in [7, 11) is 0. The van der Waals surface area contributed by atoms with Gasteiger partial charge in [-0.25, -0.2) is 5.48 Å². The van der Waals surface area contributed by atoms with Crippen LogP contribution < -0.4 is 15.5 Å². The number of aromatic amines is 1. The van der Waals surface area contributed by atoms with Crippen molar-refractivity contribution in [3.63, 3.8) is 0 Å². The summed E-state index contributed by atoms with van der Waals surface area (Å²) in [6.07, 6.45) is 7.98. The molecule has 31 heavy (non-hydrogen) atoms. The van der Waals surface area contributed by atoms with Gasteiger partial charge in [-0.1, -0.05) is 29.8 Å². The van der Waals surface area contributed by atoms with Crippen molar-refractivity contribution < 1.29 is 14.7 Å². The summed E-state index contributed by atoms with van der Waals surface area (Å²) in [5, 5.41) is 13.2. The van der Waals surface area contributed by atoms with E-state index in [2.05, 4.69) is 48.6 Å². The summed E-state index contributed by atoms with van der Waals surface area (Å²) in [6.45, 7) is 6.33. The third kappa shape index (κ3) is 6.84. The number of allylic oxidation sites excluding steroid dienone is 1. The van der Waals surface area contributed by atoms with Crippen molar-refractivity contribution in [2.45, 2.75) is 26.8 Å². The van der Waals surface area contributed by atoms with Crippen LogP contribution in [0.3, 0.4) is 0 Å². The lowest BCUT2D eigenvalue weighted by molar-refractivity contribution is -0.124. The van der Waals surface area contributed by atoms with Gasteiger partial charge in [-0.3, -0.25) is 10.0 Å². The summed E-state index contributed by atoms with van der Waals surface area (Å²) >= 11 is 0. The van der Waals surface area contributed by atoms with Crippen LogP contribution >= 0.6 is 0 Å². The summed E-state index contributed by atoms with van der Waals surface area (Å²) in [4.78, 5) is 14.4. The van der Waals surface area contributed by atoms with Crippen molar-refractivity contribution in [3.8, 4) is 5.75 Å². The molecule has 6 heteroatoms. The molecule has 0 radical (unpaired) electrons. The van der Waals surface area contributed by atoms with E-state index >= 15 is 0 Å². The molecule has 6 nitrogen and oxygen atoms in total. The number of ether oxygens (including phenoxy) is 1. The highest BCUT2D eigenvalue weighted by molar-refractivity contribution is 5.90. The number of fused-ring (bicyclic) bond motifs is 1. The predicted octanol–water partition coefficient (Wildman–Crippen LogP) is 4.36. The molecule has 2 aromatic carbocycles. The Morgan fingerprint density at radius 2 is 1.97 bits per heavy atom. The maximum atomic E-state index is 11.0. The largest absolute Gasteiger partial charge is 0.490 e. The predicted molar refractivity (Wildman–Crippen MR) is 124 cm³/mol. The molecule has 0 bridgehead atoms. The lowest BCUT2D eigenvalue weighted by atomic mass is 10.1. The zero-order chi connectivity index (χ0) is 22.1. The third-order valence-corrected chi connectivity index (χ3v) is 4.90. The van der Waals surface area contributed by atoms with Crippen molar-refractivity contribution in [1.29, 1.82) is 0 Å². The van der Waals surface area contributed by atoms with Gasteiger partial charge < -0.3 is 15.0 Å². The van der Waals surface area contributed by atoms with E-state index in [1.807, 2.05) is 30.3 Å². The monoisotopic (exact) mass is 419 g/mol. The fraction of sp³-hybridized carbons (Fsp3) is 0.240. The normalized spacial score (nSPS) is 11.1. The topological polar surface area (TPSA) is 86.4 Å². The van der Waals surface area contributed by atoms with Crippen LogP contribution in [0.5, 0.6) is 5.75 Å². The number of H-pyrrole nitrogens is 1. The molecule has 162 valence electrons. The van der Waals surface area contributed by atoms with Crippen LogP contribution in [-0.2, 0) is 17.8 Å². The first-order valence-electron chi connectivity index (χ1n) is 10.3. The first kappa shape index (κ1) is 22.3. The van der Waals surface area contributed by atoms with E-state index in [-0.39, 0.29) is 0 Å². The van der Waals surface area contributed by atoms with Gasteiger partial charge in [0.25, 0.3) is 5.91 Å². The second-order valence-electron chi connectivity index (χ2n) is 7.59. The molecular formula is C25H29N3O3. The van der Waals surface area contributed by atoms with Crippen molar-refractivity contribution in [3.05, 3.63) is 83.1 Å². The number of nitrogens with one attached hydrogen (secondary N) is 3. The van der Waals surface area contributed by atoms with E-state index in [9.17, 15) is 4.79 Å². The van der Waals surface area contributed by atoms with Gasteiger partial charge in [-0.15, -0.1) is 0 Å². The maximum absolute atomic E-state index is 11.0. The number of aromatic nitrogens is 1. The van der Waals surface area contributed by atoms with E-state index in [0.29, 0.717) is 6.61 Å². The van der Waals surface area contributed by atoms with E-state index in [1.54, 1.807) is 11.6 Å². The molecule has 0 saturated carbocycles. The third-order valence-electron chi connectivity index (χ3n) is 4.90. The molecule has 3 aromatic rings. The molecule has 1 heterocycles. The van der Waals surface area contributed by atoms with Gasteiger partial charge in [-0.05, 0) is 73.9 Å². The minimum Gasteiger partial charge on any atom is -0.490 e. The Morgan fingerprint density at radius 1 is 1.16 bits per heavy atom. The first-order valence-corrected chi connectivity index (χ1v) is 10.3. The minimum absolute atomic E-state index is 0.547. The average Bonchev–Trinajstić information content (AvgIpc) is 3.18. The molecule has 0 atom stereocenters. The lowest BCUT2D eigenvalue weighted by Crippen LogP contribution is -2.16. The number of amides is 1. The van der Waals surface area contributed by atoms with Gasteiger partial charge in [0, 0.05) is 29.7 Å². The average molecular weight is 420 g/mol. The molecule has 1 aromatic heterocycles. The molecule has 3 rings (SSSR count). The van der Waals surface area contributed by atoms with Crippen LogP contribution in [-0.4, -0.2) is 29.3 Å². The van der Waals surface area contributed by atoms with Crippen LogP contribution in [0, 0.1) is 0 Å². The maximum Gasteiger partial charge on any atom is 0.267 e. The number of carbonyl (C=O) groups is 1. The number of hydrogen-bond acceptors (Lipinski definition) is 4. The van der Waals surface area contributed by atoms with E-state index < -0.39 is 5.91 Å². The molecule has 0 aliphatic carbocycles. The van der Waals surface area contributed by atoms with Crippen LogP contribution in [0.25, 0.3) is 17.0 Å². The number of benzene rings is 2. The fourth-order valence-electron chi connectivity index (χ4n) is 3.17. The molecule has 4 N–H and O–H groups in total. The van der Waals surface area contributed by atoms with Crippen LogP contribution in [0.2, 0.25) is 0 Å². The Hall–Kier alpha value is -3.35. The first-order chi connectivity index (χ1) is 15.0. The Balaban J connectivity index is 1.50. The number of rotatable bonds is 10. The van der Waals surface area contributed by atoms with Crippen LogP contribution in [0.1, 0.15) is 30.5 Å². The van der Waals surface area contributed by atoms with Gasteiger partial charge >= 0.3 is 0 Å². The van der Waals surface area contributed by atoms with Crippen molar-refractivity contribution >= 4 is 22.9 Å². The SMILES string of the molecule is CC(C)=CCOc1ccc2[nH]cc(CCNCc3ccc(C=CC(=O)NO)cc3)c2c1. The quantitative estimate of drug-likeness (QED) is 0.129. The molecule has 0 aliphatic rings. The molecule has 0 fully saturated rings. The molecule has 0 unspecified atom stereocenters. The summed E-state index contributed by atoms with van der Waals surface area (Å²) < 4.78 is 5.83. The number of hydrogen-bond donors (Lipinski definition) is 4. The molecule has 0 saturated heterocycles. The zero-order valence-electron chi connectivity index (χ0n) is 17.9. The Labute approximate surface area is 182 Å². The van der Waals surface area contributed by atoms with Gasteiger partial charge in [0.1, 0.15) is 12.4 Å². The minimum atomic E-state index is -0.547. The van der Waals surface area contributed by atoms with Gasteiger partial charge in [0.15, 0.2) is 0 Å². The molecule has 0 spiro atoms. The number of hydroxylamine groups is 1. The number of carbonyl (C=O) groups excluding carboxylic acids is 1. The van der Waals surface area contributed by atoms with Crippen LogP contribution in [0.15, 0.2) is 66.4 Å². The second-order valence-corrected chi connectivity index (χ2v) is 7.59. The highest BCUT2D eigenvalue weighted by Crippen LogP contribution is 2.24. The summed E-state index contributed by atoms with van der Waals surface area (Å²) in [6, 6.07) is 14.1. The molecular weight excluding hydrogens is 390 g/mol. The van der Waals surface area contributed by atoms with Gasteiger partial charge in [0.05, 0.1) is 0 Å². The van der Waals surface area contributed by atoms with Crippen LogP contribution in [0.4, 0.5) is 0 Å². The second kappa shape index (κ2) is 11.2. The summed E-state index contributed by atoms with van der Waals surface area (Å²) in [5.41, 5.74) is 7.25. The Bertz CT molecular complexity index is 1060. The van der Waals surface area contributed by atoms with E-state index in [4.69, 9.17) is 9.94 Å². The summed E-state index contributed by atoms with van der Waals surface area (Å²) in [5.74, 6) is 0.332. The lowest BCUT2D eigenvalue weighted by Gasteiger charge is -2.07. The standard InChI is InChI=1S/C25H29N3O3/c1-18(2)12-14-31-22-8-9-24-23(15-22)21(17-27-24)11-13-26-16-20-5-3-19(4-6-20)7-10-25(29)28-30/h3-10,12,15,17,26-27,30H,11,13-14,16H2,1-2H3,(H,28,29). The fourth-order valence-corrected chi connectivity index (χ4v) is 3.17. The Morgan fingerprint density at radius 3 is 2.71 bits per heavy atom. The van der Waals surface area contributed by atoms with Gasteiger partial charge in [0.2, 0.25) is 0 Å². The van der Waals surface area contributed by atoms with Gasteiger partial charge in [-0.2, -0.15) is 0 Å². The Kier molecular flexibility index (Phi) is 8.04. The van der Waals surface area contributed by atoms with E-state index in [1.165, 1.54) is 22.6 Å². The highest BCUT2D eigenvalue weighted by Gasteiger charge is 2.05. The van der Waals surface area contributed by atoms with E-state index in [0.717, 1.165) is 41.9 Å². The molecule has 1 amide bonds. The van der Waals surface area contributed by atoms with Crippen molar-refractivity contribution in [2.75, 3.05) is 13.2 Å². The zero-order valence-corrected chi connectivity index (χ0v) is 17.9. The van der Waals surface area contributed by atoms with Crippen molar-refractivity contribution in [2.24, 2.45) is 0 Å². The van der Waals surface area contributed by atoms with Crippen molar-refractivity contribution in [1.82, 2.24) is 15.8 Å². The highest BCUT2D eigenvalue weighted by atomic mass is 16.5. The smallest absolute Gasteiger partial charge is 0.267 e. The molecule has 0 aliphatic heterocycles.